The highest BCUT2D eigenvalue weighted by Gasteiger charge is 2.20. The summed E-state index contributed by atoms with van der Waals surface area (Å²) in [4.78, 5) is 14.3. The van der Waals surface area contributed by atoms with Crippen LogP contribution < -0.4 is 5.32 Å². The van der Waals surface area contributed by atoms with Crippen LogP contribution in [-0.4, -0.2) is 36.5 Å². The number of rotatable bonds is 4. The van der Waals surface area contributed by atoms with Gasteiger partial charge in [0.2, 0.25) is 0 Å². The van der Waals surface area contributed by atoms with Gasteiger partial charge in [-0.05, 0) is 25.0 Å². The van der Waals surface area contributed by atoms with Gasteiger partial charge in [-0.3, -0.25) is 9.69 Å². The molecule has 1 aromatic rings. The normalized spacial score (nSPS) is 17.3. The maximum absolute atomic E-state index is 12.0. The molecule has 2 rings (SSSR count). The van der Waals surface area contributed by atoms with Crippen molar-refractivity contribution in [2.45, 2.75) is 18.9 Å². The highest BCUT2D eigenvalue weighted by Crippen LogP contribution is 2.11. The van der Waals surface area contributed by atoms with E-state index in [1.807, 2.05) is 36.4 Å². The van der Waals surface area contributed by atoms with E-state index in [0.717, 1.165) is 38.0 Å². The second-order valence-corrected chi connectivity index (χ2v) is 4.70. The van der Waals surface area contributed by atoms with E-state index in [1.165, 1.54) is 0 Å². The predicted molar refractivity (Wildman–Crippen MR) is 73.6 cm³/mol. The van der Waals surface area contributed by atoms with Gasteiger partial charge in [-0.25, -0.2) is 0 Å². The molecule has 0 atom stereocenters. The smallest absolute Gasteiger partial charge is 0.251 e. The molecule has 1 aliphatic heterocycles. The van der Waals surface area contributed by atoms with E-state index in [1.54, 1.807) is 0 Å². The standard InChI is InChI=1S/C15H20N2O/c1-2-10-17-11-8-14(9-12-17)16-15(18)13-6-4-3-5-7-13/h2-7,14H,1,8-12H2,(H,16,18). The third-order valence-corrected chi connectivity index (χ3v) is 3.35. The molecule has 0 unspecified atom stereocenters. The van der Waals surface area contributed by atoms with E-state index >= 15 is 0 Å². The second-order valence-electron chi connectivity index (χ2n) is 4.70. The summed E-state index contributed by atoms with van der Waals surface area (Å²) in [5.74, 6) is 0.0396. The van der Waals surface area contributed by atoms with Crippen molar-refractivity contribution in [2.75, 3.05) is 19.6 Å². The fourth-order valence-electron chi connectivity index (χ4n) is 2.30. The first-order valence-corrected chi connectivity index (χ1v) is 6.49. The minimum absolute atomic E-state index is 0.0396. The predicted octanol–water partition coefficient (Wildman–Crippen LogP) is 2.07. The van der Waals surface area contributed by atoms with Crippen LogP contribution in [0.15, 0.2) is 43.0 Å². The van der Waals surface area contributed by atoms with Gasteiger partial charge in [-0.1, -0.05) is 24.3 Å². The summed E-state index contributed by atoms with van der Waals surface area (Å²) < 4.78 is 0. The molecule has 1 aromatic carbocycles. The van der Waals surface area contributed by atoms with Crippen LogP contribution in [-0.2, 0) is 0 Å². The van der Waals surface area contributed by atoms with Crippen molar-refractivity contribution in [2.24, 2.45) is 0 Å². The van der Waals surface area contributed by atoms with Gasteiger partial charge in [0.05, 0.1) is 0 Å². The minimum atomic E-state index is 0.0396. The summed E-state index contributed by atoms with van der Waals surface area (Å²) in [6.07, 6.45) is 3.97. The third-order valence-electron chi connectivity index (χ3n) is 3.35. The SMILES string of the molecule is C=CCN1CCC(NC(=O)c2ccccc2)CC1. The molecule has 1 saturated heterocycles. The summed E-state index contributed by atoms with van der Waals surface area (Å²) in [7, 11) is 0. The molecule has 96 valence electrons. The monoisotopic (exact) mass is 244 g/mol. The van der Waals surface area contributed by atoms with Crippen molar-refractivity contribution in [3.63, 3.8) is 0 Å². The Morgan fingerprint density at radius 3 is 2.61 bits per heavy atom. The average molecular weight is 244 g/mol. The summed E-state index contributed by atoms with van der Waals surface area (Å²) in [6.45, 7) is 6.76. The highest BCUT2D eigenvalue weighted by molar-refractivity contribution is 5.94. The van der Waals surface area contributed by atoms with Gasteiger partial charge in [-0.15, -0.1) is 6.58 Å². The number of nitrogens with zero attached hydrogens (tertiary/aromatic N) is 1. The topological polar surface area (TPSA) is 32.3 Å². The molecular formula is C15H20N2O. The molecule has 0 saturated carbocycles. The second kappa shape index (κ2) is 6.36. The number of amides is 1. The lowest BCUT2D eigenvalue weighted by molar-refractivity contribution is 0.0914. The molecular weight excluding hydrogens is 224 g/mol. The van der Waals surface area contributed by atoms with Gasteiger partial charge in [0.15, 0.2) is 0 Å². The lowest BCUT2D eigenvalue weighted by Crippen LogP contribution is -2.44. The molecule has 1 heterocycles. The van der Waals surface area contributed by atoms with E-state index in [2.05, 4.69) is 16.8 Å². The number of likely N-dealkylation sites (tertiary alicyclic amines) is 1. The number of hydrogen-bond donors (Lipinski definition) is 1. The quantitative estimate of drug-likeness (QED) is 0.822. The van der Waals surface area contributed by atoms with Crippen molar-refractivity contribution >= 4 is 5.91 Å². The molecule has 1 N–H and O–H groups in total. The van der Waals surface area contributed by atoms with Crippen LogP contribution in [0, 0.1) is 0 Å². The van der Waals surface area contributed by atoms with E-state index < -0.39 is 0 Å². The third kappa shape index (κ3) is 3.44. The van der Waals surface area contributed by atoms with E-state index in [9.17, 15) is 4.79 Å². The van der Waals surface area contributed by atoms with E-state index in [0.29, 0.717) is 6.04 Å². The van der Waals surface area contributed by atoms with Crippen LogP contribution in [0.2, 0.25) is 0 Å². The van der Waals surface area contributed by atoms with Gasteiger partial charge in [0.25, 0.3) is 5.91 Å². The number of benzene rings is 1. The maximum Gasteiger partial charge on any atom is 0.251 e. The van der Waals surface area contributed by atoms with E-state index in [4.69, 9.17) is 0 Å². The molecule has 3 nitrogen and oxygen atoms in total. The number of carbonyl (C=O) groups excluding carboxylic acids is 1. The molecule has 0 bridgehead atoms. The summed E-state index contributed by atoms with van der Waals surface area (Å²) in [5, 5.41) is 3.11. The molecule has 3 heteroatoms. The Labute approximate surface area is 108 Å². The number of hydrogen-bond acceptors (Lipinski definition) is 2. The number of carbonyl (C=O) groups is 1. The van der Waals surface area contributed by atoms with Crippen LogP contribution >= 0.6 is 0 Å². The van der Waals surface area contributed by atoms with Crippen LogP contribution in [0.5, 0.6) is 0 Å². The largest absolute Gasteiger partial charge is 0.349 e. The van der Waals surface area contributed by atoms with Crippen molar-refractivity contribution in [3.8, 4) is 0 Å². The van der Waals surface area contributed by atoms with Crippen molar-refractivity contribution < 1.29 is 4.79 Å². The van der Waals surface area contributed by atoms with Crippen molar-refractivity contribution in [1.29, 1.82) is 0 Å². The molecule has 0 aliphatic carbocycles. The van der Waals surface area contributed by atoms with Gasteiger partial charge in [0, 0.05) is 31.2 Å². The first-order valence-electron chi connectivity index (χ1n) is 6.49. The fourth-order valence-corrected chi connectivity index (χ4v) is 2.30. The average Bonchev–Trinajstić information content (AvgIpc) is 2.42. The Morgan fingerprint density at radius 2 is 2.00 bits per heavy atom. The lowest BCUT2D eigenvalue weighted by Gasteiger charge is -2.31. The van der Waals surface area contributed by atoms with Gasteiger partial charge in [-0.2, -0.15) is 0 Å². The molecule has 1 aliphatic rings. The zero-order valence-electron chi connectivity index (χ0n) is 10.6. The zero-order valence-corrected chi connectivity index (χ0v) is 10.6. The van der Waals surface area contributed by atoms with Crippen LogP contribution in [0.25, 0.3) is 0 Å². The number of piperidine rings is 1. The van der Waals surface area contributed by atoms with Gasteiger partial charge < -0.3 is 5.32 Å². The highest BCUT2D eigenvalue weighted by atomic mass is 16.1. The molecule has 0 aromatic heterocycles. The summed E-state index contributed by atoms with van der Waals surface area (Å²) in [5.41, 5.74) is 0.742. The summed E-state index contributed by atoms with van der Waals surface area (Å²) in [6, 6.07) is 9.71. The zero-order chi connectivity index (χ0) is 12.8. The van der Waals surface area contributed by atoms with Crippen LogP contribution in [0.3, 0.4) is 0 Å². The van der Waals surface area contributed by atoms with Crippen LogP contribution in [0.1, 0.15) is 23.2 Å². The Balaban J connectivity index is 1.81. The fraction of sp³-hybridized carbons (Fsp3) is 0.400. The van der Waals surface area contributed by atoms with Crippen molar-refractivity contribution in [3.05, 3.63) is 48.6 Å². The molecule has 18 heavy (non-hydrogen) atoms. The number of nitrogens with one attached hydrogen (secondary N) is 1. The summed E-state index contributed by atoms with van der Waals surface area (Å²) >= 11 is 0. The molecule has 0 radical (unpaired) electrons. The van der Waals surface area contributed by atoms with Gasteiger partial charge in [0.1, 0.15) is 0 Å². The Hall–Kier alpha value is -1.61. The van der Waals surface area contributed by atoms with Crippen LogP contribution in [0.4, 0.5) is 0 Å². The molecule has 1 fully saturated rings. The van der Waals surface area contributed by atoms with Crippen molar-refractivity contribution in [1.82, 2.24) is 10.2 Å². The first-order chi connectivity index (χ1) is 8.79. The Kier molecular flexibility index (Phi) is 4.53. The Bertz CT molecular complexity index is 394. The first kappa shape index (κ1) is 12.8. The van der Waals surface area contributed by atoms with E-state index in [-0.39, 0.29) is 5.91 Å². The van der Waals surface area contributed by atoms with Gasteiger partial charge >= 0.3 is 0 Å². The molecule has 0 spiro atoms. The Morgan fingerprint density at radius 1 is 1.33 bits per heavy atom. The maximum atomic E-state index is 12.0. The minimum Gasteiger partial charge on any atom is -0.349 e. The lowest BCUT2D eigenvalue weighted by atomic mass is 10.0. The molecule has 1 amide bonds.